The molecular formula is C18H20O5. The van der Waals surface area contributed by atoms with Crippen molar-refractivity contribution in [1.82, 2.24) is 0 Å². The summed E-state index contributed by atoms with van der Waals surface area (Å²) in [6.07, 6.45) is 0. The highest BCUT2D eigenvalue weighted by atomic mass is 16.5. The Morgan fingerprint density at radius 3 is 1.52 bits per heavy atom. The number of carbonyl (C=O) groups is 1. The van der Waals surface area contributed by atoms with Crippen molar-refractivity contribution >= 4 is 5.97 Å². The fourth-order valence-corrected chi connectivity index (χ4v) is 2.54. The lowest BCUT2D eigenvalue weighted by molar-refractivity contribution is -0.149. The van der Waals surface area contributed by atoms with Gasteiger partial charge in [0, 0.05) is 0 Å². The predicted octanol–water partition coefficient (Wildman–Crippen LogP) is 2.66. The van der Waals surface area contributed by atoms with Gasteiger partial charge in [-0.3, -0.25) is 4.79 Å². The highest BCUT2D eigenvalue weighted by Crippen LogP contribution is 2.38. The summed E-state index contributed by atoms with van der Waals surface area (Å²) in [5, 5.41) is 20.7. The number of ether oxygens (including phenoxy) is 2. The van der Waals surface area contributed by atoms with Gasteiger partial charge in [0.15, 0.2) is 0 Å². The smallest absolute Gasteiger partial charge is 0.309 e. The molecule has 2 N–H and O–H groups in total. The van der Waals surface area contributed by atoms with Gasteiger partial charge in [0.25, 0.3) is 0 Å². The zero-order valence-electron chi connectivity index (χ0n) is 13.3. The largest absolute Gasteiger partial charge is 0.497 e. The van der Waals surface area contributed by atoms with E-state index in [1.54, 1.807) is 62.8 Å². The van der Waals surface area contributed by atoms with Crippen molar-refractivity contribution in [3.63, 3.8) is 0 Å². The molecule has 0 saturated carbocycles. The first-order valence-corrected chi connectivity index (χ1v) is 7.17. The fourth-order valence-electron chi connectivity index (χ4n) is 2.54. The third-order valence-corrected chi connectivity index (χ3v) is 4.06. The second kappa shape index (κ2) is 6.71. The molecule has 122 valence electrons. The molecule has 5 nitrogen and oxygen atoms in total. The minimum atomic E-state index is -1.66. The minimum absolute atomic E-state index is 0.485. The molecule has 5 heteroatoms. The minimum Gasteiger partial charge on any atom is -0.497 e. The molecule has 2 aromatic rings. The first-order chi connectivity index (χ1) is 10.9. The molecule has 0 aliphatic carbocycles. The third-order valence-electron chi connectivity index (χ3n) is 4.06. The van der Waals surface area contributed by atoms with Crippen LogP contribution in [0.25, 0.3) is 0 Å². The average molecular weight is 316 g/mol. The molecule has 0 heterocycles. The van der Waals surface area contributed by atoms with Gasteiger partial charge in [-0.2, -0.15) is 0 Å². The molecule has 1 atom stereocenters. The quantitative estimate of drug-likeness (QED) is 0.857. The molecular weight excluding hydrogens is 296 g/mol. The molecule has 0 amide bonds. The number of rotatable bonds is 6. The Hall–Kier alpha value is -2.53. The van der Waals surface area contributed by atoms with E-state index >= 15 is 0 Å². The number of methoxy groups -OCH3 is 2. The Labute approximate surface area is 135 Å². The van der Waals surface area contributed by atoms with Crippen molar-refractivity contribution in [2.75, 3.05) is 14.2 Å². The summed E-state index contributed by atoms with van der Waals surface area (Å²) in [4.78, 5) is 11.5. The zero-order valence-corrected chi connectivity index (χ0v) is 13.3. The standard InChI is InChI=1S/C18H20O5/c1-12(17(19)20)18(21,13-4-8-15(22-2)9-5-13)14-6-10-16(23-3)11-7-14/h4-12,21H,1-3H3,(H,19,20). The van der Waals surface area contributed by atoms with E-state index in [2.05, 4.69) is 0 Å². The third kappa shape index (κ3) is 3.14. The topological polar surface area (TPSA) is 76.0 Å². The van der Waals surface area contributed by atoms with Crippen LogP contribution in [0.1, 0.15) is 18.1 Å². The zero-order chi connectivity index (χ0) is 17.0. The molecule has 0 fully saturated rings. The van der Waals surface area contributed by atoms with Gasteiger partial charge in [-0.1, -0.05) is 24.3 Å². The summed E-state index contributed by atoms with van der Waals surface area (Å²) in [6, 6.07) is 13.4. The summed E-state index contributed by atoms with van der Waals surface area (Å²) in [5.41, 5.74) is -0.693. The van der Waals surface area contributed by atoms with E-state index in [1.165, 1.54) is 6.92 Å². The molecule has 0 spiro atoms. The van der Waals surface area contributed by atoms with Crippen LogP contribution in [0.4, 0.5) is 0 Å². The maximum atomic E-state index is 11.5. The number of benzene rings is 2. The highest BCUT2D eigenvalue weighted by Gasteiger charge is 2.41. The highest BCUT2D eigenvalue weighted by molar-refractivity contribution is 5.73. The maximum absolute atomic E-state index is 11.5. The number of hydrogen-bond acceptors (Lipinski definition) is 4. The van der Waals surface area contributed by atoms with Gasteiger partial charge in [-0.15, -0.1) is 0 Å². The van der Waals surface area contributed by atoms with Crippen LogP contribution in [0.2, 0.25) is 0 Å². The van der Waals surface area contributed by atoms with Crippen molar-refractivity contribution in [1.29, 1.82) is 0 Å². The summed E-state index contributed by atoms with van der Waals surface area (Å²) in [7, 11) is 3.09. The molecule has 0 aromatic heterocycles. The first-order valence-electron chi connectivity index (χ1n) is 7.17. The number of carboxylic acids is 1. The molecule has 0 aliphatic rings. The number of hydrogen-bond donors (Lipinski definition) is 2. The van der Waals surface area contributed by atoms with Crippen LogP contribution in [0.15, 0.2) is 48.5 Å². The molecule has 0 radical (unpaired) electrons. The van der Waals surface area contributed by atoms with Gasteiger partial charge < -0.3 is 19.7 Å². The van der Waals surface area contributed by atoms with E-state index in [-0.39, 0.29) is 0 Å². The van der Waals surface area contributed by atoms with E-state index < -0.39 is 17.5 Å². The molecule has 23 heavy (non-hydrogen) atoms. The molecule has 2 aromatic carbocycles. The number of aliphatic carboxylic acids is 1. The van der Waals surface area contributed by atoms with E-state index in [0.717, 1.165) is 0 Å². The second-order valence-electron chi connectivity index (χ2n) is 5.28. The van der Waals surface area contributed by atoms with E-state index in [0.29, 0.717) is 22.6 Å². The lowest BCUT2D eigenvalue weighted by Gasteiger charge is -2.33. The molecule has 0 aliphatic heterocycles. The lowest BCUT2D eigenvalue weighted by atomic mass is 9.77. The maximum Gasteiger partial charge on any atom is 0.309 e. The van der Waals surface area contributed by atoms with E-state index in [4.69, 9.17) is 9.47 Å². The Kier molecular flexibility index (Phi) is 4.91. The van der Waals surface area contributed by atoms with Crippen LogP contribution in [0.3, 0.4) is 0 Å². The Morgan fingerprint density at radius 2 is 1.26 bits per heavy atom. The van der Waals surface area contributed by atoms with Crippen molar-refractivity contribution in [3.05, 3.63) is 59.7 Å². The Balaban J connectivity index is 2.56. The summed E-state index contributed by atoms with van der Waals surface area (Å²) in [5.74, 6) is -0.856. The normalized spacial score (nSPS) is 12.5. The van der Waals surface area contributed by atoms with Crippen molar-refractivity contribution in [2.45, 2.75) is 12.5 Å². The SMILES string of the molecule is COc1ccc(C(O)(c2ccc(OC)cc2)C(C)C(=O)O)cc1. The first kappa shape index (κ1) is 16.8. The lowest BCUT2D eigenvalue weighted by Crippen LogP contribution is -2.39. The molecule has 1 unspecified atom stereocenters. The predicted molar refractivity (Wildman–Crippen MR) is 85.8 cm³/mol. The van der Waals surface area contributed by atoms with Gasteiger partial charge >= 0.3 is 5.97 Å². The van der Waals surface area contributed by atoms with Crippen LogP contribution >= 0.6 is 0 Å². The molecule has 0 bridgehead atoms. The summed E-state index contributed by atoms with van der Waals surface area (Å²) in [6.45, 7) is 1.48. The van der Waals surface area contributed by atoms with Gasteiger partial charge in [0.05, 0.1) is 20.1 Å². The molecule has 2 rings (SSSR count). The Bertz CT molecular complexity index is 613. The van der Waals surface area contributed by atoms with Gasteiger partial charge in [0.1, 0.15) is 17.1 Å². The van der Waals surface area contributed by atoms with E-state index in [1.807, 2.05) is 0 Å². The molecule has 0 saturated heterocycles. The number of carboxylic acid groups (broad SMARTS) is 1. The van der Waals surface area contributed by atoms with Gasteiger partial charge in [-0.25, -0.2) is 0 Å². The average Bonchev–Trinajstić information content (AvgIpc) is 2.60. The van der Waals surface area contributed by atoms with Crippen LogP contribution in [-0.4, -0.2) is 30.4 Å². The van der Waals surface area contributed by atoms with Crippen molar-refractivity contribution in [2.24, 2.45) is 5.92 Å². The van der Waals surface area contributed by atoms with Gasteiger partial charge in [-0.05, 0) is 42.3 Å². The van der Waals surface area contributed by atoms with Crippen LogP contribution < -0.4 is 9.47 Å². The summed E-state index contributed by atoms with van der Waals surface area (Å²) < 4.78 is 10.2. The fraction of sp³-hybridized carbons (Fsp3) is 0.278. The van der Waals surface area contributed by atoms with Crippen LogP contribution in [0, 0.1) is 5.92 Å². The van der Waals surface area contributed by atoms with Crippen molar-refractivity contribution in [3.8, 4) is 11.5 Å². The van der Waals surface area contributed by atoms with Gasteiger partial charge in [0.2, 0.25) is 0 Å². The van der Waals surface area contributed by atoms with Crippen LogP contribution in [-0.2, 0) is 10.4 Å². The number of aliphatic hydroxyl groups is 1. The Morgan fingerprint density at radius 1 is 0.913 bits per heavy atom. The monoisotopic (exact) mass is 316 g/mol. The van der Waals surface area contributed by atoms with Crippen LogP contribution in [0.5, 0.6) is 11.5 Å². The van der Waals surface area contributed by atoms with Crippen molar-refractivity contribution < 1.29 is 24.5 Å². The second-order valence-corrected chi connectivity index (χ2v) is 5.28. The van der Waals surface area contributed by atoms with E-state index in [9.17, 15) is 15.0 Å². The summed E-state index contributed by atoms with van der Waals surface area (Å²) >= 11 is 0.